The van der Waals surface area contributed by atoms with Gasteiger partial charge in [0.05, 0.1) is 19.4 Å². The summed E-state index contributed by atoms with van der Waals surface area (Å²) in [6, 6.07) is 10.7. The van der Waals surface area contributed by atoms with Gasteiger partial charge >= 0.3 is 0 Å². The fraction of sp³-hybridized carbons (Fsp3) is 0.462. The number of aromatic nitrogens is 1. The average Bonchev–Trinajstić information content (AvgIpc) is 3.26. The predicted molar refractivity (Wildman–Crippen MR) is 125 cm³/mol. The smallest absolute Gasteiger partial charge is 0.170 e. The average molecular weight is 455 g/mol. The van der Waals surface area contributed by atoms with Gasteiger partial charge in [-0.25, -0.2) is 4.39 Å². The first kappa shape index (κ1) is 23.2. The summed E-state index contributed by atoms with van der Waals surface area (Å²) in [6.45, 7) is 6.62. The first-order chi connectivity index (χ1) is 16.0. The zero-order valence-electron chi connectivity index (χ0n) is 19.4. The fourth-order valence-electron chi connectivity index (χ4n) is 4.53. The van der Waals surface area contributed by atoms with Crippen LogP contribution in [0.2, 0.25) is 0 Å². The minimum Gasteiger partial charge on any atom is -0.493 e. The normalized spacial score (nSPS) is 17.1. The number of carbonyl (C=O) groups is 1. The molecule has 7 heteroatoms. The van der Waals surface area contributed by atoms with Gasteiger partial charge in [0, 0.05) is 29.3 Å². The standard InChI is InChI=1S/C26H31FN2O4/c1-17(16-30)20-4-7-23(25(14-20)31-3)32-13-10-18(2)29-11-8-19(9-12-29)26-22-6-5-21(27)15-24(22)33-28-26/h4-7,14-19H,8-13H2,1-3H3. The SMILES string of the molecule is COc1cc(C(C)C=O)ccc1OCCC(C)N1CCC(c2noc3cc(F)ccc23)CC1. The van der Waals surface area contributed by atoms with E-state index in [0.29, 0.717) is 35.6 Å². The molecule has 1 aromatic heterocycles. The molecule has 1 aliphatic heterocycles. The molecule has 1 aliphatic rings. The first-order valence-corrected chi connectivity index (χ1v) is 11.5. The molecule has 0 N–H and O–H groups in total. The van der Waals surface area contributed by atoms with Crippen molar-refractivity contribution in [1.29, 1.82) is 0 Å². The Balaban J connectivity index is 1.28. The number of aldehydes is 1. The molecule has 2 atom stereocenters. The highest BCUT2D eigenvalue weighted by Gasteiger charge is 2.27. The van der Waals surface area contributed by atoms with E-state index in [-0.39, 0.29) is 11.7 Å². The van der Waals surface area contributed by atoms with Gasteiger partial charge in [-0.3, -0.25) is 0 Å². The van der Waals surface area contributed by atoms with Crippen LogP contribution in [0.25, 0.3) is 11.0 Å². The van der Waals surface area contributed by atoms with E-state index >= 15 is 0 Å². The van der Waals surface area contributed by atoms with Crippen LogP contribution >= 0.6 is 0 Å². The van der Waals surface area contributed by atoms with E-state index < -0.39 is 0 Å². The van der Waals surface area contributed by atoms with Crippen LogP contribution < -0.4 is 9.47 Å². The van der Waals surface area contributed by atoms with Crippen LogP contribution in [-0.4, -0.2) is 49.2 Å². The molecule has 0 saturated carbocycles. The van der Waals surface area contributed by atoms with Crippen LogP contribution in [0.5, 0.6) is 11.5 Å². The number of fused-ring (bicyclic) bond motifs is 1. The molecule has 6 nitrogen and oxygen atoms in total. The van der Waals surface area contributed by atoms with Crippen molar-refractivity contribution in [2.24, 2.45) is 0 Å². The van der Waals surface area contributed by atoms with Crippen molar-refractivity contribution in [1.82, 2.24) is 10.1 Å². The number of carbonyl (C=O) groups excluding carboxylic acids is 1. The zero-order chi connectivity index (χ0) is 23.4. The lowest BCUT2D eigenvalue weighted by Crippen LogP contribution is -2.40. The van der Waals surface area contributed by atoms with Crippen LogP contribution in [0.15, 0.2) is 40.9 Å². The Kier molecular flexibility index (Phi) is 7.28. The van der Waals surface area contributed by atoms with E-state index in [1.165, 1.54) is 12.1 Å². The molecule has 176 valence electrons. The van der Waals surface area contributed by atoms with Gasteiger partial charge in [-0.15, -0.1) is 0 Å². The summed E-state index contributed by atoms with van der Waals surface area (Å²) in [5, 5.41) is 5.16. The molecule has 1 saturated heterocycles. The van der Waals surface area contributed by atoms with Crippen molar-refractivity contribution in [3.05, 3.63) is 53.5 Å². The maximum Gasteiger partial charge on any atom is 0.170 e. The van der Waals surface area contributed by atoms with Gasteiger partial charge in [0.25, 0.3) is 0 Å². The molecule has 0 amide bonds. The van der Waals surface area contributed by atoms with Crippen molar-refractivity contribution in [3.63, 3.8) is 0 Å². The highest BCUT2D eigenvalue weighted by atomic mass is 19.1. The molecule has 4 rings (SSSR count). The summed E-state index contributed by atoms with van der Waals surface area (Å²) < 4.78 is 30.2. The van der Waals surface area contributed by atoms with Gasteiger partial charge in [0.2, 0.25) is 0 Å². The monoisotopic (exact) mass is 454 g/mol. The molecule has 2 heterocycles. The van der Waals surface area contributed by atoms with E-state index in [1.54, 1.807) is 13.2 Å². The van der Waals surface area contributed by atoms with Crippen LogP contribution in [0.3, 0.4) is 0 Å². The molecule has 2 aromatic carbocycles. The van der Waals surface area contributed by atoms with E-state index in [0.717, 1.165) is 55.3 Å². The predicted octanol–water partition coefficient (Wildman–Crippen LogP) is 5.31. The number of piperidine rings is 1. The lowest BCUT2D eigenvalue weighted by atomic mass is 9.91. The Morgan fingerprint density at radius 2 is 1.97 bits per heavy atom. The minimum atomic E-state index is -0.305. The quantitative estimate of drug-likeness (QED) is 0.408. The topological polar surface area (TPSA) is 64.8 Å². The summed E-state index contributed by atoms with van der Waals surface area (Å²) in [6.07, 6.45) is 3.81. The molecule has 0 radical (unpaired) electrons. The van der Waals surface area contributed by atoms with Crippen molar-refractivity contribution in [2.45, 2.75) is 51.0 Å². The number of halogens is 1. The fourth-order valence-corrected chi connectivity index (χ4v) is 4.53. The van der Waals surface area contributed by atoms with Crippen molar-refractivity contribution < 1.29 is 23.2 Å². The Morgan fingerprint density at radius 1 is 1.18 bits per heavy atom. The number of hydrogen-bond donors (Lipinski definition) is 0. The second-order valence-electron chi connectivity index (χ2n) is 8.84. The molecule has 0 aliphatic carbocycles. The largest absolute Gasteiger partial charge is 0.493 e. The van der Waals surface area contributed by atoms with Gasteiger partial charge in [0.15, 0.2) is 17.1 Å². The summed E-state index contributed by atoms with van der Waals surface area (Å²) in [5.74, 6) is 1.19. The molecular weight excluding hydrogens is 423 g/mol. The molecule has 0 bridgehead atoms. The second-order valence-corrected chi connectivity index (χ2v) is 8.84. The van der Waals surface area contributed by atoms with E-state index in [9.17, 15) is 9.18 Å². The first-order valence-electron chi connectivity index (χ1n) is 11.5. The van der Waals surface area contributed by atoms with Crippen LogP contribution in [0, 0.1) is 5.82 Å². The van der Waals surface area contributed by atoms with Gasteiger partial charge in [0.1, 0.15) is 12.1 Å². The summed E-state index contributed by atoms with van der Waals surface area (Å²) in [4.78, 5) is 13.5. The number of nitrogens with zero attached hydrogens (tertiary/aromatic N) is 2. The molecule has 2 unspecified atom stereocenters. The van der Waals surface area contributed by atoms with Gasteiger partial charge in [-0.1, -0.05) is 18.1 Å². The highest BCUT2D eigenvalue weighted by molar-refractivity contribution is 5.79. The Morgan fingerprint density at radius 3 is 2.70 bits per heavy atom. The molecule has 3 aromatic rings. The third kappa shape index (κ3) is 5.19. The molecular formula is C26H31FN2O4. The van der Waals surface area contributed by atoms with Crippen molar-refractivity contribution >= 4 is 17.3 Å². The lowest BCUT2D eigenvalue weighted by molar-refractivity contribution is -0.108. The van der Waals surface area contributed by atoms with E-state index in [4.69, 9.17) is 14.0 Å². The maximum atomic E-state index is 13.4. The van der Waals surface area contributed by atoms with Crippen molar-refractivity contribution in [2.75, 3.05) is 26.8 Å². The third-order valence-corrected chi connectivity index (χ3v) is 6.71. The Labute approximate surface area is 193 Å². The zero-order valence-corrected chi connectivity index (χ0v) is 19.4. The van der Waals surface area contributed by atoms with Gasteiger partial charge < -0.3 is 23.7 Å². The van der Waals surface area contributed by atoms with Crippen LogP contribution in [0.4, 0.5) is 4.39 Å². The second kappa shape index (κ2) is 10.3. The number of methoxy groups -OCH3 is 1. The molecule has 33 heavy (non-hydrogen) atoms. The van der Waals surface area contributed by atoms with E-state index in [1.807, 2.05) is 25.1 Å². The highest BCUT2D eigenvalue weighted by Crippen LogP contribution is 2.34. The van der Waals surface area contributed by atoms with E-state index in [2.05, 4.69) is 17.0 Å². The maximum absolute atomic E-state index is 13.4. The number of ether oxygens (including phenoxy) is 2. The number of likely N-dealkylation sites (tertiary alicyclic amines) is 1. The summed E-state index contributed by atoms with van der Waals surface area (Å²) >= 11 is 0. The Bertz CT molecular complexity index is 1090. The van der Waals surface area contributed by atoms with Crippen LogP contribution in [0.1, 0.15) is 56.2 Å². The number of benzene rings is 2. The van der Waals surface area contributed by atoms with Gasteiger partial charge in [-0.05, 0) is 69.1 Å². The number of hydrogen-bond acceptors (Lipinski definition) is 6. The lowest BCUT2D eigenvalue weighted by Gasteiger charge is -2.35. The number of rotatable bonds is 9. The molecule has 1 fully saturated rings. The van der Waals surface area contributed by atoms with Crippen molar-refractivity contribution in [3.8, 4) is 11.5 Å². The van der Waals surface area contributed by atoms with Gasteiger partial charge in [-0.2, -0.15) is 0 Å². The molecule has 0 spiro atoms. The summed E-state index contributed by atoms with van der Waals surface area (Å²) in [7, 11) is 1.61. The minimum absolute atomic E-state index is 0.174. The Hall–Kier alpha value is -2.93. The third-order valence-electron chi connectivity index (χ3n) is 6.71. The summed E-state index contributed by atoms with van der Waals surface area (Å²) in [5.41, 5.74) is 2.37. The van der Waals surface area contributed by atoms with Crippen LogP contribution in [-0.2, 0) is 4.79 Å².